The summed E-state index contributed by atoms with van der Waals surface area (Å²) in [5, 5.41) is 12.2. The summed E-state index contributed by atoms with van der Waals surface area (Å²) in [6.07, 6.45) is 6.40. The monoisotopic (exact) mass is 331 g/mol. The van der Waals surface area contributed by atoms with Gasteiger partial charge in [0, 0.05) is 12.0 Å². The third-order valence-corrected chi connectivity index (χ3v) is 5.69. The molecule has 2 fully saturated rings. The maximum atomic E-state index is 12.4. The van der Waals surface area contributed by atoms with Gasteiger partial charge in [-0.3, -0.25) is 9.59 Å². The molecule has 130 valence electrons. The van der Waals surface area contributed by atoms with E-state index in [1.807, 2.05) is 12.1 Å². The number of nitrogens with one attached hydrogen (secondary N) is 1. The van der Waals surface area contributed by atoms with Gasteiger partial charge in [-0.05, 0) is 43.4 Å². The van der Waals surface area contributed by atoms with Crippen molar-refractivity contribution in [1.82, 2.24) is 5.32 Å². The minimum Gasteiger partial charge on any atom is -0.497 e. The molecule has 0 heterocycles. The Balaban J connectivity index is 1.76. The van der Waals surface area contributed by atoms with Crippen molar-refractivity contribution in [1.29, 1.82) is 0 Å². The zero-order chi connectivity index (χ0) is 17.2. The quantitative estimate of drug-likeness (QED) is 0.786. The highest BCUT2D eigenvalue weighted by Gasteiger charge is 2.57. The summed E-state index contributed by atoms with van der Waals surface area (Å²) in [5.41, 5.74) is -0.0756. The zero-order valence-corrected chi connectivity index (χ0v) is 14.1. The second-order valence-corrected chi connectivity index (χ2v) is 7.14. The van der Waals surface area contributed by atoms with Crippen molar-refractivity contribution in [3.8, 4) is 5.75 Å². The standard InChI is InChI=1S/C19H25NO4/c1-24-15-7-5-14(6-8-15)18(9-3-2-4-10-18)13-20-16(21)19(11-12-19)17(22)23/h5-8H,2-4,9-13H2,1H3,(H,20,21)(H,22,23). The van der Waals surface area contributed by atoms with Crippen LogP contribution in [0.2, 0.25) is 0 Å². The highest BCUT2D eigenvalue weighted by Crippen LogP contribution is 2.46. The van der Waals surface area contributed by atoms with Gasteiger partial charge in [0.25, 0.3) is 0 Å². The zero-order valence-electron chi connectivity index (χ0n) is 14.1. The average molecular weight is 331 g/mol. The Morgan fingerprint density at radius 1 is 1.08 bits per heavy atom. The van der Waals surface area contributed by atoms with Crippen molar-refractivity contribution in [3.63, 3.8) is 0 Å². The summed E-state index contributed by atoms with van der Waals surface area (Å²) < 4.78 is 5.23. The summed E-state index contributed by atoms with van der Waals surface area (Å²) >= 11 is 0. The molecule has 2 aliphatic rings. The molecule has 2 saturated carbocycles. The van der Waals surface area contributed by atoms with E-state index in [1.165, 1.54) is 12.0 Å². The lowest BCUT2D eigenvalue weighted by Gasteiger charge is -2.38. The molecule has 2 N–H and O–H groups in total. The SMILES string of the molecule is COc1ccc(C2(CNC(=O)C3(C(=O)O)CC3)CCCCC2)cc1. The third-order valence-electron chi connectivity index (χ3n) is 5.69. The van der Waals surface area contributed by atoms with Crippen LogP contribution in [0.1, 0.15) is 50.5 Å². The second kappa shape index (κ2) is 6.46. The molecule has 1 aromatic rings. The maximum absolute atomic E-state index is 12.4. The van der Waals surface area contributed by atoms with Gasteiger partial charge < -0.3 is 15.2 Å². The van der Waals surface area contributed by atoms with Crippen LogP contribution in [0, 0.1) is 5.41 Å². The number of carbonyl (C=O) groups excluding carboxylic acids is 1. The molecule has 0 bridgehead atoms. The topological polar surface area (TPSA) is 75.6 Å². The van der Waals surface area contributed by atoms with Gasteiger partial charge in [0.2, 0.25) is 5.91 Å². The lowest BCUT2D eigenvalue weighted by atomic mass is 9.69. The Morgan fingerprint density at radius 2 is 1.71 bits per heavy atom. The van der Waals surface area contributed by atoms with Crippen LogP contribution < -0.4 is 10.1 Å². The fourth-order valence-electron chi connectivity index (χ4n) is 3.82. The van der Waals surface area contributed by atoms with Gasteiger partial charge in [0.05, 0.1) is 7.11 Å². The van der Waals surface area contributed by atoms with Gasteiger partial charge in [-0.25, -0.2) is 0 Å². The molecule has 0 atom stereocenters. The summed E-state index contributed by atoms with van der Waals surface area (Å²) in [5.74, 6) is -0.507. The van der Waals surface area contributed by atoms with Crippen molar-refractivity contribution in [3.05, 3.63) is 29.8 Å². The van der Waals surface area contributed by atoms with E-state index in [-0.39, 0.29) is 11.3 Å². The smallest absolute Gasteiger partial charge is 0.319 e. The molecule has 24 heavy (non-hydrogen) atoms. The molecular formula is C19H25NO4. The number of amides is 1. The number of aliphatic carboxylic acids is 1. The van der Waals surface area contributed by atoms with Crippen LogP contribution in [0.15, 0.2) is 24.3 Å². The third kappa shape index (κ3) is 2.99. The number of ether oxygens (including phenoxy) is 1. The number of carbonyl (C=O) groups is 2. The van der Waals surface area contributed by atoms with E-state index < -0.39 is 11.4 Å². The molecule has 0 unspecified atom stereocenters. The second-order valence-electron chi connectivity index (χ2n) is 7.14. The van der Waals surface area contributed by atoms with Crippen molar-refractivity contribution in [2.75, 3.05) is 13.7 Å². The molecular weight excluding hydrogens is 306 g/mol. The van der Waals surface area contributed by atoms with Gasteiger partial charge in [0.15, 0.2) is 0 Å². The molecule has 0 aliphatic heterocycles. The number of hydrogen-bond acceptors (Lipinski definition) is 3. The van der Waals surface area contributed by atoms with Crippen molar-refractivity contribution >= 4 is 11.9 Å². The molecule has 5 nitrogen and oxygen atoms in total. The Kier molecular flexibility index (Phi) is 4.52. The fraction of sp³-hybridized carbons (Fsp3) is 0.579. The highest BCUT2D eigenvalue weighted by atomic mass is 16.5. The fourth-order valence-corrected chi connectivity index (χ4v) is 3.82. The normalized spacial score (nSPS) is 20.9. The highest BCUT2D eigenvalue weighted by molar-refractivity contribution is 6.04. The minimum atomic E-state index is -1.17. The molecule has 0 saturated heterocycles. The van der Waals surface area contributed by atoms with Crippen molar-refractivity contribution in [2.24, 2.45) is 5.41 Å². The largest absolute Gasteiger partial charge is 0.497 e. The van der Waals surface area contributed by atoms with Crippen LogP contribution in [0.5, 0.6) is 5.75 Å². The van der Waals surface area contributed by atoms with Gasteiger partial charge >= 0.3 is 5.97 Å². The van der Waals surface area contributed by atoms with Gasteiger partial charge in [-0.1, -0.05) is 31.4 Å². The van der Waals surface area contributed by atoms with Gasteiger partial charge in [-0.2, -0.15) is 0 Å². The van der Waals surface area contributed by atoms with Crippen LogP contribution in [0.4, 0.5) is 0 Å². The number of carboxylic acid groups (broad SMARTS) is 1. The summed E-state index contributed by atoms with van der Waals surface area (Å²) in [6.45, 7) is 0.507. The van der Waals surface area contributed by atoms with Crippen LogP contribution in [0.25, 0.3) is 0 Å². The minimum absolute atomic E-state index is 0.102. The maximum Gasteiger partial charge on any atom is 0.319 e. The Morgan fingerprint density at radius 3 is 2.21 bits per heavy atom. The predicted molar refractivity (Wildman–Crippen MR) is 90.1 cm³/mol. The Bertz CT molecular complexity index is 613. The van der Waals surface area contributed by atoms with E-state index in [9.17, 15) is 14.7 Å². The van der Waals surface area contributed by atoms with Crippen LogP contribution in [0.3, 0.4) is 0 Å². The van der Waals surface area contributed by atoms with E-state index in [2.05, 4.69) is 17.4 Å². The van der Waals surface area contributed by atoms with Crippen molar-refractivity contribution < 1.29 is 19.4 Å². The summed E-state index contributed by atoms with van der Waals surface area (Å²) in [4.78, 5) is 23.7. The van der Waals surface area contributed by atoms with E-state index in [4.69, 9.17) is 4.74 Å². The molecule has 0 aromatic heterocycles. The Hall–Kier alpha value is -2.04. The first-order chi connectivity index (χ1) is 11.5. The molecule has 1 aromatic carbocycles. The number of methoxy groups -OCH3 is 1. The summed E-state index contributed by atoms with van der Waals surface area (Å²) in [6, 6.07) is 8.04. The molecule has 1 amide bonds. The number of rotatable bonds is 6. The summed E-state index contributed by atoms with van der Waals surface area (Å²) in [7, 11) is 1.65. The number of carboxylic acids is 1. The number of hydrogen-bond donors (Lipinski definition) is 2. The molecule has 3 rings (SSSR count). The van der Waals surface area contributed by atoms with Gasteiger partial charge in [-0.15, -0.1) is 0 Å². The first-order valence-corrected chi connectivity index (χ1v) is 8.69. The molecule has 0 radical (unpaired) electrons. The van der Waals surface area contributed by atoms with Crippen molar-refractivity contribution in [2.45, 2.75) is 50.4 Å². The first kappa shape index (κ1) is 16.8. The molecule has 0 spiro atoms. The molecule has 5 heteroatoms. The lowest BCUT2D eigenvalue weighted by Crippen LogP contribution is -2.46. The predicted octanol–water partition coefficient (Wildman–Crippen LogP) is 2.88. The van der Waals surface area contributed by atoms with E-state index in [0.29, 0.717) is 19.4 Å². The van der Waals surface area contributed by atoms with Crippen LogP contribution in [-0.4, -0.2) is 30.6 Å². The lowest BCUT2D eigenvalue weighted by molar-refractivity contribution is -0.149. The number of benzene rings is 1. The van der Waals surface area contributed by atoms with E-state index >= 15 is 0 Å². The first-order valence-electron chi connectivity index (χ1n) is 8.69. The average Bonchev–Trinajstić information content (AvgIpc) is 3.43. The molecule has 2 aliphatic carbocycles. The van der Waals surface area contributed by atoms with Gasteiger partial charge in [0.1, 0.15) is 11.2 Å². The van der Waals surface area contributed by atoms with E-state index in [1.54, 1.807) is 7.11 Å². The Labute approximate surface area is 142 Å². The van der Waals surface area contributed by atoms with Crippen LogP contribution >= 0.6 is 0 Å². The van der Waals surface area contributed by atoms with E-state index in [0.717, 1.165) is 31.4 Å². The van der Waals surface area contributed by atoms with Crippen LogP contribution in [-0.2, 0) is 15.0 Å².